The molecule has 0 aromatic carbocycles. The maximum atomic E-state index is 4.57. The van der Waals surface area contributed by atoms with Crippen LogP contribution in [0.3, 0.4) is 0 Å². The molecular formula is C12H24S. The third kappa shape index (κ3) is 4.75. The van der Waals surface area contributed by atoms with Crippen molar-refractivity contribution in [2.45, 2.75) is 58.6 Å². The molecule has 2 atom stereocenters. The lowest BCUT2D eigenvalue weighted by Crippen LogP contribution is -2.14. The van der Waals surface area contributed by atoms with Crippen molar-refractivity contribution in [2.24, 2.45) is 5.92 Å². The first-order chi connectivity index (χ1) is 6.17. The Kier molecular flexibility index (Phi) is 7.54. The van der Waals surface area contributed by atoms with E-state index in [2.05, 4.69) is 46.4 Å². The second-order valence-corrected chi connectivity index (χ2v) is 4.56. The van der Waals surface area contributed by atoms with Gasteiger partial charge in [-0.05, 0) is 25.7 Å². The van der Waals surface area contributed by atoms with Gasteiger partial charge < -0.3 is 0 Å². The van der Waals surface area contributed by atoms with Crippen molar-refractivity contribution >= 4 is 12.6 Å². The number of hydrogen-bond acceptors (Lipinski definition) is 1. The van der Waals surface area contributed by atoms with E-state index in [4.69, 9.17) is 0 Å². The average Bonchev–Trinajstić information content (AvgIpc) is 2.10. The van der Waals surface area contributed by atoms with Gasteiger partial charge in [-0.15, -0.1) is 0 Å². The molecule has 2 unspecified atom stereocenters. The van der Waals surface area contributed by atoms with Gasteiger partial charge in [0.05, 0.1) is 0 Å². The van der Waals surface area contributed by atoms with Gasteiger partial charge in [0.2, 0.25) is 0 Å². The maximum absolute atomic E-state index is 4.57. The Morgan fingerprint density at radius 2 is 1.92 bits per heavy atom. The number of allylic oxidation sites excluding steroid dienone is 2. The minimum Gasteiger partial charge on any atom is -0.176 e. The van der Waals surface area contributed by atoms with Crippen molar-refractivity contribution in [3.05, 3.63) is 11.6 Å². The second-order valence-electron chi connectivity index (χ2n) is 3.75. The van der Waals surface area contributed by atoms with Gasteiger partial charge in [0.15, 0.2) is 0 Å². The Hall–Kier alpha value is 0.0900. The lowest BCUT2D eigenvalue weighted by molar-refractivity contribution is 0.526. The average molecular weight is 200 g/mol. The molecule has 0 rings (SSSR count). The van der Waals surface area contributed by atoms with Crippen LogP contribution in [-0.2, 0) is 0 Å². The Morgan fingerprint density at radius 3 is 2.23 bits per heavy atom. The molecule has 0 aliphatic rings. The van der Waals surface area contributed by atoms with Crippen LogP contribution in [0, 0.1) is 5.92 Å². The summed E-state index contributed by atoms with van der Waals surface area (Å²) in [6, 6.07) is 0. The van der Waals surface area contributed by atoms with E-state index < -0.39 is 0 Å². The van der Waals surface area contributed by atoms with Gasteiger partial charge in [-0.3, -0.25) is 0 Å². The van der Waals surface area contributed by atoms with Crippen molar-refractivity contribution in [1.82, 2.24) is 0 Å². The fraction of sp³-hybridized carbons (Fsp3) is 0.833. The fourth-order valence-electron chi connectivity index (χ4n) is 1.88. The summed E-state index contributed by atoms with van der Waals surface area (Å²) in [5.41, 5.74) is 1.60. The highest BCUT2D eigenvalue weighted by atomic mass is 32.1. The maximum Gasteiger partial charge on any atom is 0.00539 e. The summed E-state index contributed by atoms with van der Waals surface area (Å²) in [5.74, 6) is 0.693. The van der Waals surface area contributed by atoms with Crippen molar-refractivity contribution in [3.8, 4) is 0 Å². The summed E-state index contributed by atoms with van der Waals surface area (Å²) in [6.45, 7) is 8.87. The number of thiol groups is 1. The van der Waals surface area contributed by atoms with Gasteiger partial charge in [0, 0.05) is 5.25 Å². The molecule has 0 spiro atoms. The van der Waals surface area contributed by atoms with E-state index >= 15 is 0 Å². The summed E-state index contributed by atoms with van der Waals surface area (Å²) < 4.78 is 0. The molecule has 0 nitrogen and oxygen atoms in total. The van der Waals surface area contributed by atoms with Gasteiger partial charge in [-0.2, -0.15) is 12.6 Å². The fourth-order valence-corrected chi connectivity index (χ4v) is 2.22. The standard InChI is InChI=1S/C12H24S/c1-5-8-11(7-3)12(9-6-2)10(4)13/h7,10,12-13H,5-6,8-9H2,1-4H3/b11-7-. The third-order valence-electron chi connectivity index (χ3n) is 2.57. The van der Waals surface area contributed by atoms with E-state index in [-0.39, 0.29) is 0 Å². The summed E-state index contributed by atoms with van der Waals surface area (Å²) in [5, 5.41) is 0.498. The summed E-state index contributed by atoms with van der Waals surface area (Å²) in [7, 11) is 0. The highest BCUT2D eigenvalue weighted by Gasteiger charge is 2.16. The lowest BCUT2D eigenvalue weighted by atomic mass is 9.88. The molecule has 13 heavy (non-hydrogen) atoms. The highest BCUT2D eigenvalue weighted by molar-refractivity contribution is 7.80. The highest BCUT2D eigenvalue weighted by Crippen LogP contribution is 2.27. The van der Waals surface area contributed by atoms with Crippen LogP contribution < -0.4 is 0 Å². The Labute approximate surface area is 89.2 Å². The van der Waals surface area contributed by atoms with Crippen molar-refractivity contribution in [3.63, 3.8) is 0 Å². The monoisotopic (exact) mass is 200 g/mol. The topological polar surface area (TPSA) is 0 Å². The molecule has 0 heterocycles. The van der Waals surface area contributed by atoms with E-state index in [1.165, 1.54) is 25.7 Å². The van der Waals surface area contributed by atoms with Crippen LogP contribution in [0.5, 0.6) is 0 Å². The van der Waals surface area contributed by atoms with Crippen LogP contribution in [0.1, 0.15) is 53.4 Å². The van der Waals surface area contributed by atoms with Crippen LogP contribution >= 0.6 is 12.6 Å². The summed E-state index contributed by atoms with van der Waals surface area (Å²) in [6.07, 6.45) is 7.32. The smallest absolute Gasteiger partial charge is 0.00539 e. The van der Waals surface area contributed by atoms with Crippen molar-refractivity contribution in [2.75, 3.05) is 0 Å². The van der Waals surface area contributed by atoms with Crippen molar-refractivity contribution < 1.29 is 0 Å². The van der Waals surface area contributed by atoms with E-state index in [1.807, 2.05) is 0 Å². The zero-order chi connectivity index (χ0) is 10.3. The van der Waals surface area contributed by atoms with Gasteiger partial charge >= 0.3 is 0 Å². The molecule has 0 fully saturated rings. The first-order valence-corrected chi connectivity index (χ1v) is 6.02. The molecule has 0 amide bonds. The number of hydrogen-bond donors (Lipinski definition) is 1. The SMILES string of the molecule is C/C=C(/CCC)C(CCC)C(C)S. The van der Waals surface area contributed by atoms with Crippen LogP contribution in [-0.4, -0.2) is 5.25 Å². The van der Waals surface area contributed by atoms with Crippen LogP contribution in [0.4, 0.5) is 0 Å². The van der Waals surface area contributed by atoms with Gasteiger partial charge in [-0.25, -0.2) is 0 Å². The molecule has 0 aromatic heterocycles. The predicted molar refractivity (Wildman–Crippen MR) is 65.5 cm³/mol. The normalized spacial score (nSPS) is 17.2. The predicted octanol–water partition coefficient (Wildman–Crippen LogP) is 4.47. The largest absolute Gasteiger partial charge is 0.176 e. The Balaban J connectivity index is 4.31. The molecule has 0 bridgehead atoms. The second kappa shape index (κ2) is 7.49. The molecule has 0 N–H and O–H groups in total. The molecule has 0 saturated carbocycles. The minimum atomic E-state index is 0.498. The lowest BCUT2D eigenvalue weighted by Gasteiger charge is -2.22. The first-order valence-electron chi connectivity index (χ1n) is 5.50. The van der Waals surface area contributed by atoms with E-state index in [1.54, 1.807) is 5.57 Å². The minimum absolute atomic E-state index is 0.498. The zero-order valence-corrected chi connectivity index (χ0v) is 10.4. The number of rotatable bonds is 6. The molecular weight excluding hydrogens is 176 g/mol. The molecule has 0 aliphatic carbocycles. The molecule has 0 saturated heterocycles. The molecule has 1 heteroatoms. The first kappa shape index (κ1) is 13.1. The van der Waals surface area contributed by atoms with E-state index in [0.29, 0.717) is 11.2 Å². The van der Waals surface area contributed by atoms with Gasteiger partial charge in [-0.1, -0.05) is 45.3 Å². The summed E-state index contributed by atoms with van der Waals surface area (Å²) >= 11 is 4.57. The van der Waals surface area contributed by atoms with Crippen molar-refractivity contribution in [1.29, 1.82) is 0 Å². The molecule has 0 aromatic rings. The molecule has 78 valence electrons. The summed E-state index contributed by atoms with van der Waals surface area (Å²) in [4.78, 5) is 0. The van der Waals surface area contributed by atoms with E-state index in [0.717, 1.165) is 0 Å². The van der Waals surface area contributed by atoms with Gasteiger partial charge in [0.1, 0.15) is 0 Å². The van der Waals surface area contributed by atoms with E-state index in [9.17, 15) is 0 Å². The zero-order valence-electron chi connectivity index (χ0n) is 9.51. The van der Waals surface area contributed by atoms with Crippen LogP contribution in [0.25, 0.3) is 0 Å². The van der Waals surface area contributed by atoms with Crippen LogP contribution in [0.2, 0.25) is 0 Å². The molecule has 0 aliphatic heterocycles. The molecule has 0 radical (unpaired) electrons. The quantitative estimate of drug-likeness (QED) is 0.475. The Bertz CT molecular complexity index is 147. The Morgan fingerprint density at radius 1 is 1.31 bits per heavy atom. The third-order valence-corrected chi connectivity index (χ3v) is 2.93. The van der Waals surface area contributed by atoms with Crippen LogP contribution in [0.15, 0.2) is 11.6 Å². The van der Waals surface area contributed by atoms with Gasteiger partial charge in [0.25, 0.3) is 0 Å².